The van der Waals surface area contributed by atoms with Gasteiger partial charge in [0.1, 0.15) is 22.8 Å². The monoisotopic (exact) mass is 369 g/mol. The Hall–Kier alpha value is -3.48. The summed E-state index contributed by atoms with van der Waals surface area (Å²) >= 11 is 0. The van der Waals surface area contributed by atoms with E-state index in [9.17, 15) is 9.59 Å². The predicted octanol–water partition coefficient (Wildman–Crippen LogP) is 3.88. The van der Waals surface area contributed by atoms with Gasteiger partial charge >= 0.3 is 5.97 Å². The molecule has 0 aliphatic rings. The maximum absolute atomic E-state index is 12.9. The van der Waals surface area contributed by atoms with Gasteiger partial charge in [0.25, 0.3) is 5.91 Å². The summed E-state index contributed by atoms with van der Waals surface area (Å²) in [6.07, 6.45) is 0. The van der Waals surface area contributed by atoms with E-state index < -0.39 is 11.9 Å². The maximum Gasteiger partial charge on any atom is 0.376 e. The quantitative estimate of drug-likeness (QED) is 0.664. The number of carbonyl (C=O) groups excluding carboxylic acids is 2. The number of esters is 1. The number of ether oxygens (including phenoxy) is 3. The zero-order chi connectivity index (χ0) is 19.4. The Bertz CT molecular complexity index is 991. The average Bonchev–Trinajstić information content (AvgIpc) is 3.06. The minimum absolute atomic E-state index is 0.0618. The summed E-state index contributed by atoms with van der Waals surface area (Å²) in [5.74, 6) is -0.305. The molecule has 140 valence electrons. The third kappa shape index (κ3) is 3.57. The number of hydrogen-bond donors (Lipinski definition) is 1. The number of benzene rings is 2. The highest BCUT2D eigenvalue weighted by atomic mass is 16.5. The maximum atomic E-state index is 12.9. The number of carbonyl (C=O) groups is 2. The second-order valence-electron chi connectivity index (χ2n) is 5.54. The van der Waals surface area contributed by atoms with Gasteiger partial charge in [0.15, 0.2) is 0 Å². The van der Waals surface area contributed by atoms with Crippen molar-refractivity contribution in [1.29, 1.82) is 0 Å². The number of hydrogen-bond acceptors (Lipinski definition) is 6. The molecule has 2 aromatic carbocycles. The fourth-order valence-corrected chi connectivity index (χ4v) is 2.68. The first-order valence-corrected chi connectivity index (χ1v) is 8.31. The van der Waals surface area contributed by atoms with Crippen LogP contribution in [0, 0.1) is 0 Å². The van der Waals surface area contributed by atoms with Gasteiger partial charge in [-0.05, 0) is 37.3 Å². The van der Waals surface area contributed by atoms with Gasteiger partial charge in [-0.1, -0.05) is 12.1 Å². The van der Waals surface area contributed by atoms with Crippen molar-refractivity contribution >= 4 is 28.5 Å². The molecule has 0 aliphatic carbocycles. The van der Waals surface area contributed by atoms with Gasteiger partial charge in [-0.25, -0.2) is 4.79 Å². The number of methoxy groups -OCH3 is 2. The SMILES string of the molecule is CCOC(=O)c1oc2ccccc2c1NC(=O)c1cc(OC)ccc1OC. The minimum Gasteiger partial charge on any atom is -0.497 e. The third-order valence-electron chi connectivity index (χ3n) is 3.95. The van der Waals surface area contributed by atoms with Crippen LogP contribution in [0.3, 0.4) is 0 Å². The number of amides is 1. The van der Waals surface area contributed by atoms with E-state index >= 15 is 0 Å². The van der Waals surface area contributed by atoms with Crippen LogP contribution in [-0.4, -0.2) is 32.7 Å². The van der Waals surface area contributed by atoms with Crippen LogP contribution in [-0.2, 0) is 4.74 Å². The lowest BCUT2D eigenvalue weighted by Crippen LogP contribution is -2.16. The van der Waals surface area contributed by atoms with E-state index in [1.807, 2.05) is 0 Å². The summed E-state index contributed by atoms with van der Waals surface area (Å²) in [7, 11) is 2.97. The Labute approximate surface area is 155 Å². The molecule has 0 saturated carbocycles. The van der Waals surface area contributed by atoms with Crippen LogP contribution in [0.25, 0.3) is 11.0 Å². The highest BCUT2D eigenvalue weighted by molar-refractivity contribution is 6.14. The van der Waals surface area contributed by atoms with Gasteiger partial charge < -0.3 is 23.9 Å². The van der Waals surface area contributed by atoms with Crippen LogP contribution in [0.1, 0.15) is 27.8 Å². The molecule has 1 N–H and O–H groups in total. The molecule has 1 aromatic heterocycles. The van der Waals surface area contributed by atoms with Gasteiger partial charge in [0.05, 0.1) is 26.4 Å². The van der Waals surface area contributed by atoms with Crippen LogP contribution in [0.4, 0.5) is 5.69 Å². The number of anilines is 1. The molecule has 3 rings (SSSR count). The molecular formula is C20H19NO6. The highest BCUT2D eigenvalue weighted by Crippen LogP contribution is 2.33. The third-order valence-corrected chi connectivity index (χ3v) is 3.95. The topological polar surface area (TPSA) is 87.0 Å². The molecule has 0 spiro atoms. The fraction of sp³-hybridized carbons (Fsp3) is 0.200. The van der Waals surface area contributed by atoms with Crippen molar-refractivity contribution in [3.8, 4) is 11.5 Å². The average molecular weight is 369 g/mol. The molecule has 7 nitrogen and oxygen atoms in total. The van der Waals surface area contributed by atoms with Crippen molar-refractivity contribution < 1.29 is 28.2 Å². The molecule has 0 unspecified atom stereocenters. The van der Waals surface area contributed by atoms with E-state index in [1.54, 1.807) is 49.4 Å². The summed E-state index contributed by atoms with van der Waals surface area (Å²) in [6.45, 7) is 1.88. The van der Waals surface area contributed by atoms with Gasteiger partial charge in [-0.15, -0.1) is 0 Å². The van der Waals surface area contributed by atoms with E-state index in [0.29, 0.717) is 22.5 Å². The van der Waals surface area contributed by atoms with E-state index in [4.69, 9.17) is 18.6 Å². The van der Waals surface area contributed by atoms with Crippen LogP contribution in [0.5, 0.6) is 11.5 Å². The molecule has 0 radical (unpaired) electrons. The standard InChI is InChI=1S/C20H19NO6/c1-4-26-20(23)18-17(13-7-5-6-8-16(13)27-18)21-19(22)14-11-12(24-2)9-10-15(14)25-3/h5-11H,4H2,1-3H3,(H,21,22). The Kier molecular flexibility index (Phi) is 5.30. The molecule has 0 saturated heterocycles. The molecular weight excluding hydrogens is 350 g/mol. The lowest BCUT2D eigenvalue weighted by atomic mass is 10.1. The number of nitrogens with one attached hydrogen (secondary N) is 1. The first-order valence-electron chi connectivity index (χ1n) is 8.31. The first-order chi connectivity index (χ1) is 13.1. The summed E-state index contributed by atoms with van der Waals surface area (Å²) in [5, 5.41) is 3.34. The fourth-order valence-electron chi connectivity index (χ4n) is 2.68. The van der Waals surface area contributed by atoms with Crippen molar-refractivity contribution in [2.45, 2.75) is 6.92 Å². The number of furan rings is 1. The summed E-state index contributed by atoms with van der Waals surface area (Å²) < 4.78 is 21.1. The van der Waals surface area contributed by atoms with Gasteiger partial charge in [-0.2, -0.15) is 0 Å². The zero-order valence-corrected chi connectivity index (χ0v) is 15.2. The van der Waals surface area contributed by atoms with Gasteiger partial charge in [-0.3, -0.25) is 4.79 Å². The van der Waals surface area contributed by atoms with Crippen molar-refractivity contribution in [3.05, 3.63) is 53.8 Å². The summed E-state index contributed by atoms with van der Waals surface area (Å²) in [4.78, 5) is 25.2. The molecule has 0 atom stereocenters. The van der Waals surface area contributed by atoms with Crippen LogP contribution < -0.4 is 14.8 Å². The molecule has 0 bridgehead atoms. The highest BCUT2D eigenvalue weighted by Gasteiger charge is 2.24. The number of para-hydroxylation sites is 1. The van der Waals surface area contributed by atoms with Gasteiger partial charge in [0, 0.05) is 5.39 Å². The second kappa shape index (κ2) is 7.82. The largest absolute Gasteiger partial charge is 0.497 e. The summed E-state index contributed by atoms with van der Waals surface area (Å²) in [6, 6.07) is 11.9. The molecule has 27 heavy (non-hydrogen) atoms. The van der Waals surface area contributed by atoms with Crippen LogP contribution in [0.2, 0.25) is 0 Å². The van der Waals surface area contributed by atoms with E-state index in [0.717, 1.165) is 0 Å². The Morgan fingerprint density at radius 1 is 1.07 bits per heavy atom. The molecule has 0 fully saturated rings. The Balaban J connectivity index is 2.04. The lowest BCUT2D eigenvalue weighted by Gasteiger charge is -2.11. The minimum atomic E-state index is -0.651. The zero-order valence-electron chi connectivity index (χ0n) is 15.2. The first kappa shape index (κ1) is 18.3. The lowest BCUT2D eigenvalue weighted by molar-refractivity contribution is 0.0494. The second-order valence-corrected chi connectivity index (χ2v) is 5.54. The molecule has 0 aliphatic heterocycles. The van der Waals surface area contributed by atoms with Crippen LogP contribution in [0.15, 0.2) is 46.9 Å². The Morgan fingerprint density at radius 2 is 1.85 bits per heavy atom. The van der Waals surface area contributed by atoms with Crippen LogP contribution >= 0.6 is 0 Å². The van der Waals surface area contributed by atoms with E-state index in [-0.39, 0.29) is 23.6 Å². The van der Waals surface area contributed by atoms with Crippen molar-refractivity contribution in [2.75, 3.05) is 26.1 Å². The smallest absolute Gasteiger partial charge is 0.376 e. The number of rotatable bonds is 6. The molecule has 3 aromatic rings. The molecule has 7 heteroatoms. The normalized spacial score (nSPS) is 10.5. The van der Waals surface area contributed by atoms with Crippen molar-refractivity contribution in [3.63, 3.8) is 0 Å². The van der Waals surface area contributed by atoms with Crippen molar-refractivity contribution in [1.82, 2.24) is 0 Å². The summed E-state index contributed by atoms with van der Waals surface area (Å²) in [5.41, 5.74) is 0.976. The van der Waals surface area contributed by atoms with Crippen molar-refractivity contribution in [2.24, 2.45) is 0 Å². The molecule has 1 amide bonds. The molecule has 1 heterocycles. The predicted molar refractivity (Wildman–Crippen MR) is 99.7 cm³/mol. The van der Waals surface area contributed by atoms with Gasteiger partial charge in [0.2, 0.25) is 5.76 Å². The Morgan fingerprint density at radius 3 is 2.56 bits per heavy atom. The number of fused-ring (bicyclic) bond motifs is 1. The van der Waals surface area contributed by atoms with E-state index in [1.165, 1.54) is 14.2 Å². The van der Waals surface area contributed by atoms with E-state index in [2.05, 4.69) is 5.32 Å².